The van der Waals surface area contributed by atoms with E-state index in [2.05, 4.69) is 42.1 Å². The van der Waals surface area contributed by atoms with E-state index >= 15 is 0 Å². The minimum atomic E-state index is 0.583. The fraction of sp³-hybridized carbons (Fsp3) is 0.733. The first-order valence-electron chi connectivity index (χ1n) is 7.32. The molecular formula is C15H25N3. The molecule has 0 aliphatic heterocycles. The van der Waals surface area contributed by atoms with Gasteiger partial charge in [0.15, 0.2) is 0 Å². The first kappa shape index (κ1) is 13.3. The minimum absolute atomic E-state index is 0.583. The molecule has 1 saturated carbocycles. The molecule has 1 fully saturated rings. The van der Waals surface area contributed by atoms with Crippen LogP contribution in [0, 0.1) is 11.8 Å². The highest BCUT2D eigenvalue weighted by molar-refractivity contribution is 5.36. The second kappa shape index (κ2) is 6.17. The van der Waals surface area contributed by atoms with Gasteiger partial charge in [-0.25, -0.2) is 9.97 Å². The molecule has 0 saturated heterocycles. The molecular weight excluding hydrogens is 222 g/mol. The van der Waals surface area contributed by atoms with Gasteiger partial charge in [-0.1, -0.05) is 33.6 Å². The van der Waals surface area contributed by atoms with E-state index < -0.39 is 0 Å². The third-order valence-corrected chi connectivity index (χ3v) is 4.31. The lowest BCUT2D eigenvalue weighted by atomic mass is 9.93. The average molecular weight is 247 g/mol. The van der Waals surface area contributed by atoms with Gasteiger partial charge in [-0.05, 0) is 31.1 Å². The van der Waals surface area contributed by atoms with Crippen molar-refractivity contribution in [2.75, 3.05) is 5.32 Å². The highest BCUT2D eigenvalue weighted by Crippen LogP contribution is 2.35. The third-order valence-electron chi connectivity index (χ3n) is 4.31. The van der Waals surface area contributed by atoms with Gasteiger partial charge in [0.05, 0.1) is 0 Å². The van der Waals surface area contributed by atoms with Gasteiger partial charge in [0.25, 0.3) is 0 Å². The molecule has 1 N–H and O–H groups in total. The Morgan fingerprint density at radius 3 is 2.78 bits per heavy atom. The van der Waals surface area contributed by atoms with Crippen LogP contribution in [0.2, 0.25) is 0 Å². The summed E-state index contributed by atoms with van der Waals surface area (Å²) in [4.78, 5) is 8.65. The zero-order chi connectivity index (χ0) is 13.0. The molecule has 1 aromatic rings. The van der Waals surface area contributed by atoms with E-state index in [1.165, 1.54) is 19.3 Å². The molecule has 100 valence electrons. The van der Waals surface area contributed by atoms with Crippen molar-refractivity contribution in [3.63, 3.8) is 0 Å². The molecule has 3 unspecified atom stereocenters. The summed E-state index contributed by atoms with van der Waals surface area (Å²) in [6.07, 6.45) is 7.77. The molecule has 0 radical (unpaired) electrons. The molecule has 3 nitrogen and oxygen atoms in total. The zero-order valence-corrected chi connectivity index (χ0v) is 11.8. The van der Waals surface area contributed by atoms with Crippen LogP contribution < -0.4 is 5.32 Å². The van der Waals surface area contributed by atoms with Gasteiger partial charge in [0.1, 0.15) is 12.1 Å². The van der Waals surface area contributed by atoms with Crippen molar-refractivity contribution < 1.29 is 0 Å². The molecule has 0 amide bonds. The zero-order valence-electron chi connectivity index (χ0n) is 11.8. The Hall–Kier alpha value is -1.12. The summed E-state index contributed by atoms with van der Waals surface area (Å²) >= 11 is 0. The van der Waals surface area contributed by atoms with Crippen LogP contribution in [-0.4, -0.2) is 16.0 Å². The SMILES string of the molecule is CCCc1cc(NC2CCC(CC)C2C)ncn1. The van der Waals surface area contributed by atoms with Crippen molar-refractivity contribution in [1.29, 1.82) is 0 Å². The third kappa shape index (κ3) is 3.01. The number of hydrogen-bond acceptors (Lipinski definition) is 3. The Morgan fingerprint density at radius 2 is 2.11 bits per heavy atom. The highest BCUT2D eigenvalue weighted by atomic mass is 15.0. The number of aromatic nitrogens is 2. The van der Waals surface area contributed by atoms with E-state index in [1.807, 2.05) is 0 Å². The molecule has 1 heterocycles. The second-order valence-electron chi connectivity index (χ2n) is 5.50. The van der Waals surface area contributed by atoms with Gasteiger partial charge in [-0.3, -0.25) is 0 Å². The molecule has 0 bridgehead atoms. The Bertz CT molecular complexity index is 378. The van der Waals surface area contributed by atoms with Crippen molar-refractivity contribution in [2.24, 2.45) is 11.8 Å². The number of nitrogens with one attached hydrogen (secondary N) is 1. The van der Waals surface area contributed by atoms with Gasteiger partial charge in [-0.2, -0.15) is 0 Å². The van der Waals surface area contributed by atoms with Gasteiger partial charge < -0.3 is 5.32 Å². The maximum absolute atomic E-state index is 4.35. The van der Waals surface area contributed by atoms with Gasteiger partial charge in [0.2, 0.25) is 0 Å². The van der Waals surface area contributed by atoms with Crippen LogP contribution in [-0.2, 0) is 6.42 Å². The first-order chi connectivity index (χ1) is 8.74. The van der Waals surface area contributed by atoms with Gasteiger partial charge >= 0.3 is 0 Å². The number of nitrogens with zero attached hydrogens (tertiary/aromatic N) is 2. The molecule has 1 aliphatic rings. The number of hydrogen-bond donors (Lipinski definition) is 1. The predicted octanol–water partition coefficient (Wildman–Crippen LogP) is 3.67. The summed E-state index contributed by atoms with van der Waals surface area (Å²) in [6, 6.07) is 2.69. The normalized spacial score (nSPS) is 27.4. The van der Waals surface area contributed by atoms with Crippen molar-refractivity contribution in [2.45, 2.75) is 58.9 Å². The Kier molecular flexibility index (Phi) is 4.56. The molecule has 3 atom stereocenters. The van der Waals surface area contributed by atoms with Crippen LogP contribution in [0.3, 0.4) is 0 Å². The summed E-state index contributed by atoms with van der Waals surface area (Å²) in [7, 11) is 0. The number of rotatable bonds is 5. The lowest BCUT2D eigenvalue weighted by molar-refractivity contribution is 0.391. The fourth-order valence-electron chi connectivity index (χ4n) is 3.09. The molecule has 0 aromatic carbocycles. The lowest BCUT2D eigenvalue weighted by Crippen LogP contribution is -2.25. The molecule has 0 spiro atoms. The van der Waals surface area contributed by atoms with Gasteiger partial charge in [0, 0.05) is 17.8 Å². The summed E-state index contributed by atoms with van der Waals surface area (Å²) in [5, 5.41) is 3.60. The smallest absolute Gasteiger partial charge is 0.129 e. The van der Waals surface area contributed by atoms with Gasteiger partial charge in [-0.15, -0.1) is 0 Å². The largest absolute Gasteiger partial charge is 0.367 e. The molecule has 2 rings (SSSR count). The number of aryl methyl sites for hydroxylation is 1. The molecule has 1 aliphatic carbocycles. The topological polar surface area (TPSA) is 37.8 Å². The van der Waals surface area contributed by atoms with Crippen molar-refractivity contribution >= 4 is 5.82 Å². The molecule has 3 heteroatoms. The second-order valence-corrected chi connectivity index (χ2v) is 5.50. The van der Waals surface area contributed by atoms with Crippen LogP contribution in [0.25, 0.3) is 0 Å². The van der Waals surface area contributed by atoms with Crippen LogP contribution in [0.1, 0.15) is 52.1 Å². The Labute approximate surface area is 110 Å². The maximum atomic E-state index is 4.35. The average Bonchev–Trinajstić information content (AvgIpc) is 2.71. The monoisotopic (exact) mass is 247 g/mol. The summed E-state index contributed by atoms with van der Waals surface area (Å²) in [5.41, 5.74) is 1.15. The fourth-order valence-corrected chi connectivity index (χ4v) is 3.09. The Morgan fingerprint density at radius 1 is 1.28 bits per heavy atom. The van der Waals surface area contributed by atoms with Crippen molar-refractivity contribution in [3.8, 4) is 0 Å². The van der Waals surface area contributed by atoms with E-state index in [-0.39, 0.29) is 0 Å². The van der Waals surface area contributed by atoms with Crippen LogP contribution in [0.4, 0.5) is 5.82 Å². The summed E-state index contributed by atoms with van der Waals surface area (Å²) in [6.45, 7) is 6.85. The molecule has 18 heavy (non-hydrogen) atoms. The quantitative estimate of drug-likeness (QED) is 0.862. The van der Waals surface area contributed by atoms with Crippen molar-refractivity contribution in [1.82, 2.24) is 9.97 Å². The van der Waals surface area contributed by atoms with Crippen LogP contribution >= 0.6 is 0 Å². The summed E-state index contributed by atoms with van der Waals surface area (Å²) < 4.78 is 0. The standard InChI is InChI=1S/C15H25N3/c1-4-6-13-9-15(17-10-16-13)18-14-8-7-12(5-2)11(14)3/h9-12,14H,4-8H2,1-3H3,(H,16,17,18). The van der Waals surface area contributed by atoms with E-state index in [1.54, 1.807) is 6.33 Å². The van der Waals surface area contributed by atoms with Crippen LogP contribution in [0.15, 0.2) is 12.4 Å². The number of anilines is 1. The van der Waals surface area contributed by atoms with E-state index in [0.717, 1.165) is 36.2 Å². The van der Waals surface area contributed by atoms with Crippen molar-refractivity contribution in [3.05, 3.63) is 18.1 Å². The highest BCUT2D eigenvalue weighted by Gasteiger charge is 2.31. The maximum Gasteiger partial charge on any atom is 0.129 e. The first-order valence-corrected chi connectivity index (χ1v) is 7.32. The van der Waals surface area contributed by atoms with E-state index in [9.17, 15) is 0 Å². The summed E-state index contributed by atoms with van der Waals surface area (Å²) in [5.74, 6) is 2.63. The predicted molar refractivity (Wildman–Crippen MR) is 75.6 cm³/mol. The lowest BCUT2D eigenvalue weighted by Gasteiger charge is -2.21. The minimum Gasteiger partial charge on any atom is -0.367 e. The van der Waals surface area contributed by atoms with E-state index in [4.69, 9.17) is 0 Å². The molecule has 1 aromatic heterocycles. The van der Waals surface area contributed by atoms with Crippen LogP contribution in [0.5, 0.6) is 0 Å². The Balaban J connectivity index is 1.99. The van der Waals surface area contributed by atoms with E-state index in [0.29, 0.717) is 6.04 Å².